The van der Waals surface area contributed by atoms with E-state index in [1.807, 2.05) is 6.92 Å². The van der Waals surface area contributed by atoms with Crippen LogP contribution in [0.5, 0.6) is 28.7 Å². The van der Waals surface area contributed by atoms with E-state index in [2.05, 4.69) is 6.58 Å². The maximum absolute atomic E-state index is 13.6. The molecule has 0 saturated carbocycles. The van der Waals surface area contributed by atoms with Crippen LogP contribution < -0.4 is 23.7 Å². The molecule has 0 unspecified atom stereocenters. The van der Waals surface area contributed by atoms with Gasteiger partial charge in [-0.3, -0.25) is 4.79 Å². The molecule has 30 heavy (non-hydrogen) atoms. The van der Waals surface area contributed by atoms with Crippen LogP contribution >= 0.6 is 0 Å². The van der Waals surface area contributed by atoms with Gasteiger partial charge in [0.25, 0.3) is 0 Å². The Morgan fingerprint density at radius 1 is 1.17 bits per heavy atom. The third kappa shape index (κ3) is 2.38. The highest BCUT2D eigenvalue weighted by atomic mass is 16.6. The number of ether oxygens (including phenoxy) is 5. The second kappa shape index (κ2) is 6.40. The minimum absolute atomic E-state index is 0.0125. The molecule has 2 aromatic carbocycles. The average Bonchev–Trinajstić information content (AvgIpc) is 3.19. The molecule has 3 aliphatic heterocycles. The Labute approximate surface area is 173 Å². The molecule has 0 spiro atoms. The van der Waals surface area contributed by atoms with Crippen molar-refractivity contribution in [2.75, 3.05) is 20.8 Å². The van der Waals surface area contributed by atoms with E-state index in [9.17, 15) is 9.90 Å². The molecule has 1 N–H and O–H groups in total. The third-order valence-corrected chi connectivity index (χ3v) is 6.03. The lowest BCUT2D eigenvalue weighted by Gasteiger charge is -2.43. The summed E-state index contributed by atoms with van der Waals surface area (Å²) in [5.41, 5.74) is 0.426. The van der Waals surface area contributed by atoms with Crippen LogP contribution in [0.4, 0.5) is 0 Å². The minimum atomic E-state index is -1.90. The highest BCUT2D eigenvalue weighted by Crippen LogP contribution is 2.51. The van der Waals surface area contributed by atoms with Crippen molar-refractivity contribution in [2.45, 2.75) is 31.2 Å². The molecule has 0 aromatic heterocycles. The minimum Gasteiger partial charge on any atom is -0.493 e. The van der Waals surface area contributed by atoms with Gasteiger partial charge in [0, 0.05) is 23.6 Å². The van der Waals surface area contributed by atoms with Gasteiger partial charge in [-0.2, -0.15) is 0 Å². The smallest absolute Gasteiger partial charge is 0.206 e. The number of carbonyl (C=O) groups is 1. The SMILES string of the molecule is C=C(C)[C@@H]1Cc2c(ccc3c2O[C@@H]2COc4cc(OC)c(OC)cc4[C@]2(O)C3=O)O1. The second-order valence-corrected chi connectivity index (χ2v) is 7.79. The third-order valence-electron chi connectivity index (χ3n) is 6.03. The number of hydrogen-bond donors (Lipinski definition) is 1. The molecule has 3 heterocycles. The molecule has 0 bridgehead atoms. The van der Waals surface area contributed by atoms with E-state index >= 15 is 0 Å². The molecule has 0 aliphatic carbocycles. The summed E-state index contributed by atoms with van der Waals surface area (Å²) in [6, 6.07) is 6.57. The van der Waals surface area contributed by atoms with Gasteiger partial charge in [0.15, 0.2) is 23.2 Å². The van der Waals surface area contributed by atoms with E-state index in [4.69, 9.17) is 23.7 Å². The van der Waals surface area contributed by atoms with Crippen molar-refractivity contribution in [3.63, 3.8) is 0 Å². The molecule has 0 fully saturated rings. The maximum Gasteiger partial charge on any atom is 0.206 e. The summed E-state index contributed by atoms with van der Waals surface area (Å²) in [4.78, 5) is 13.6. The molecule has 3 atom stereocenters. The summed E-state index contributed by atoms with van der Waals surface area (Å²) in [6.45, 7) is 5.88. The number of ketones is 1. The molecule has 0 saturated heterocycles. The first-order valence-corrected chi connectivity index (χ1v) is 9.69. The predicted octanol–water partition coefficient (Wildman–Crippen LogP) is 2.81. The van der Waals surface area contributed by atoms with Gasteiger partial charge in [0.05, 0.1) is 19.8 Å². The largest absolute Gasteiger partial charge is 0.493 e. The van der Waals surface area contributed by atoms with Crippen molar-refractivity contribution in [2.24, 2.45) is 0 Å². The van der Waals surface area contributed by atoms with Crippen molar-refractivity contribution >= 4 is 5.78 Å². The van der Waals surface area contributed by atoms with E-state index in [1.54, 1.807) is 24.3 Å². The van der Waals surface area contributed by atoms with Crippen molar-refractivity contribution in [1.82, 2.24) is 0 Å². The highest BCUT2D eigenvalue weighted by molar-refractivity contribution is 6.07. The lowest BCUT2D eigenvalue weighted by atomic mass is 9.77. The normalized spacial score (nSPS) is 25.5. The second-order valence-electron chi connectivity index (χ2n) is 7.79. The first-order valence-electron chi connectivity index (χ1n) is 9.69. The Morgan fingerprint density at radius 3 is 2.60 bits per heavy atom. The van der Waals surface area contributed by atoms with Gasteiger partial charge in [-0.25, -0.2) is 0 Å². The van der Waals surface area contributed by atoms with Crippen LogP contribution in [0, 0.1) is 0 Å². The monoisotopic (exact) mass is 410 g/mol. The Kier molecular flexibility index (Phi) is 4.02. The molecule has 156 valence electrons. The van der Waals surface area contributed by atoms with Crippen LogP contribution in [0.1, 0.15) is 28.4 Å². The summed E-state index contributed by atoms with van der Waals surface area (Å²) in [5, 5.41) is 11.6. The van der Waals surface area contributed by atoms with E-state index in [0.29, 0.717) is 46.3 Å². The number of rotatable bonds is 3. The predicted molar refractivity (Wildman–Crippen MR) is 107 cm³/mol. The van der Waals surface area contributed by atoms with Gasteiger partial charge >= 0.3 is 0 Å². The average molecular weight is 410 g/mol. The number of carbonyl (C=O) groups excluding carboxylic acids is 1. The van der Waals surface area contributed by atoms with Crippen LogP contribution in [0.25, 0.3) is 0 Å². The first kappa shape index (κ1) is 18.8. The van der Waals surface area contributed by atoms with Gasteiger partial charge in [-0.05, 0) is 30.7 Å². The highest BCUT2D eigenvalue weighted by Gasteiger charge is 2.56. The summed E-state index contributed by atoms with van der Waals surface area (Å²) in [6.07, 6.45) is -0.501. The van der Waals surface area contributed by atoms with Crippen LogP contribution in [-0.4, -0.2) is 43.9 Å². The van der Waals surface area contributed by atoms with E-state index in [1.165, 1.54) is 14.2 Å². The number of hydrogen-bond acceptors (Lipinski definition) is 7. The van der Waals surface area contributed by atoms with Crippen molar-refractivity contribution in [1.29, 1.82) is 0 Å². The molecule has 0 amide bonds. The van der Waals surface area contributed by atoms with E-state index < -0.39 is 17.5 Å². The number of aliphatic hydroxyl groups is 1. The van der Waals surface area contributed by atoms with Crippen molar-refractivity contribution in [3.8, 4) is 28.7 Å². The number of benzene rings is 2. The summed E-state index contributed by atoms with van der Waals surface area (Å²) >= 11 is 0. The van der Waals surface area contributed by atoms with Crippen LogP contribution in [0.15, 0.2) is 36.4 Å². The Bertz CT molecular complexity index is 1090. The topological polar surface area (TPSA) is 83.5 Å². The molecule has 7 nitrogen and oxygen atoms in total. The lowest BCUT2D eigenvalue weighted by Crippen LogP contribution is -2.57. The molecule has 7 heteroatoms. The Morgan fingerprint density at radius 2 is 1.90 bits per heavy atom. The van der Waals surface area contributed by atoms with Gasteiger partial charge in [0.2, 0.25) is 5.78 Å². The molecular weight excluding hydrogens is 388 g/mol. The molecular formula is C23H22O7. The summed E-state index contributed by atoms with van der Waals surface area (Å²) in [7, 11) is 3.00. The zero-order chi connectivity index (χ0) is 21.2. The van der Waals surface area contributed by atoms with Gasteiger partial charge in [0.1, 0.15) is 30.0 Å². The summed E-state index contributed by atoms with van der Waals surface area (Å²) < 4.78 is 28.6. The first-order chi connectivity index (χ1) is 14.4. The van der Waals surface area contributed by atoms with Crippen LogP contribution in [0.2, 0.25) is 0 Å². The Hall–Kier alpha value is -3.19. The number of Topliss-reactive ketones (excluding diaryl/α,β-unsaturated/α-hetero) is 1. The molecule has 5 rings (SSSR count). The Balaban J connectivity index is 1.63. The van der Waals surface area contributed by atoms with E-state index in [-0.39, 0.29) is 12.7 Å². The fourth-order valence-corrected chi connectivity index (χ4v) is 4.35. The number of methoxy groups -OCH3 is 2. The van der Waals surface area contributed by atoms with Gasteiger partial charge in [-0.1, -0.05) is 6.58 Å². The zero-order valence-corrected chi connectivity index (χ0v) is 17.0. The van der Waals surface area contributed by atoms with Crippen LogP contribution in [-0.2, 0) is 12.0 Å². The maximum atomic E-state index is 13.6. The summed E-state index contributed by atoms with van der Waals surface area (Å²) in [5.74, 6) is 1.88. The lowest BCUT2D eigenvalue weighted by molar-refractivity contribution is -0.0802. The van der Waals surface area contributed by atoms with Gasteiger partial charge < -0.3 is 28.8 Å². The quantitative estimate of drug-likeness (QED) is 0.779. The van der Waals surface area contributed by atoms with Crippen molar-refractivity contribution < 1.29 is 33.6 Å². The fraction of sp³-hybridized carbons (Fsp3) is 0.348. The zero-order valence-electron chi connectivity index (χ0n) is 17.0. The van der Waals surface area contributed by atoms with Gasteiger partial charge in [-0.15, -0.1) is 0 Å². The molecule has 3 aliphatic rings. The fourth-order valence-electron chi connectivity index (χ4n) is 4.35. The molecule has 2 aromatic rings. The van der Waals surface area contributed by atoms with Crippen LogP contribution in [0.3, 0.4) is 0 Å². The standard InChI is InChI=1S/C23H22O7/c1-11(2)16-7-13-15(29-16)6-5-12-21(13)30-20-10-28-17-9-19(27-4)18(26-3)8-14(17)23(20,25)22(12)24/h5-6,8-9,16,20,25H,1,7,10H2,2-4H3/t16-,20+,23+/m0/s1. The van der Waals surface area contributed by atoms with Crippen molar-refractivity contribution in [3.05, 3.63) is 53.1 Å². The molecule has 0 radical (unpaired) electrons. The van der Waals surface area contributed by atoms with E-state index in [0.717, 1.165) is 11.1 Å². The number of fused-ring (bicyclic) bond motifs is 6.